The lowest BCUT2D eigenvalue weighted by Gasteiger charge is -2.40. The highest BCUT2D eigenvalue weighted by atomic mass is 31.1. The summed E-state index contributed by atoms with van der Waals surface area (Å²) >= 11 is 0. The molecule has 2 heterocycles. The van der Waals surface area contributed by atoms with Gasteiger partial charge in [-0.15, -0.1) is 7.92 Å². The van der Waals surface area contributed by atoms with Crippen LogP contribution in [0, 0.1) is 0 Å². The van der Waals surface area contributed by atoms with Gasteiger partial charge in [0, 0.05) is 0 Å². The molecule has 0 nitrogen and oxygen atoms in total. The summed E-state index contributed by atoms with van der Waals surface area (Å²) in [5, 5.41) is 0. The van der Waals surface area contributed by atoms with Crippen LogP contribution in [0.2, 0.25) is 18.0 Å². The zero-order valence-electron chi connectivity index (χ0n) is 14.8. The number of rotatable bonds is 10. The molecule has 2 heteroatoms. The largest absolute Gasteiger partial charge is 0.146 e. The Morgan fingerprint density at radius 1 is 0.762 bits per heavy atom. The molecule has 2 rings (SSSR count). The van der Waals surface area contributed by atoms with E-state index in [1.165, 1.54) is 25.7 Å². The van der Waals surface area contributed by atoms with Crippen LogP contribution < -0.4 is 0 Å². The maximum absolute atomic E-state index is 2.36. The first-order chi connectivity index (χ1) is 10.3. The van der Waals surface area contributed by atoms with Crippen molar-refractivity contribution in [2.45, 2.75) is 102 Å². The first-order valence-electron chi connectivity index (χ1n) is 10.1. The van der Waals surface area contributed by atoms with Crippen molar-refractivity contribution in [3.8, 4) is 0 Å². The van der Waals surface area contributed by atoms with Crippen LogP contribution in [0.3, 0.4) is 0 Å². The maximum Gasteiger partial charge on any atom is 0.146 e. The van der Waals surface area contributed by atoms with Crippen LogP contribution in [-0.4, -0.2) is 25.2 Å². The molecule has 0 radical (unpaired) electrons. The van der Waals surface area contributed by atoms with E-state index in [0.717, 1.165) is 18.3 Å². The summed E-state index contributed by atoms with van der Waals surface area (Å²) in [6.07, 6.45) is 23.1. The second kappa shape index (κ2) is 10.3. The molecule has 2 aliphatic heterocycles. The van der Waals surface area contributed by atoms with E-state index in [1.807, 2.05) is 0 Å². The van der Waals surface area contributed by atoms with E-state index in [1.54, 1.807) is 69.8 Å². The second-order valence-corrected chi connectivity index (χ2v) is 10.4. The van der Waals surface area contributed by atoms with E-state index in [2.05, 4.69) is 13.8 Å². The molecule has 0 N–H and O–H groups in total. The standard InChI is InChI=1S/C19H38BP/c1-3-5-15-21(16-6-4-2)17-9-14-20-18-10-7-11-19(20)13-8-12-18/h18-19H,3-17H2,1-2H3. The molecular formula is C19H38BP. The average molecular weight is 308 g/mol. The molecule has 0 aliphatic carbocycles. The molecule has 0 spiro atoms. The van der Waals surface area contributed by atoms with Gasteiger partial charge in [-0.25, -0.2) is 0 Å². The Balaban J connectivity index is 1.70. The van der Waals surface area contributed by atoms with Crippen molar-refractivity contribution in [3.05, 3.63) is 0 Å². The molecule has 0 unspecified atom stereocenters. The molecule has 2 bridgehead atoms. The molecule has 21 heavy (non-hydrogen) atoms. The minimum Gasteiger partial charge on any atom is -0.107 e. The monoisotopic (exact) mass is 308 g/mol. The highest BCUT2D eigenvalue weighted by Gasteiger charge is 2.38. The van der Waals surface area contributed by atoms with Crippen molar-refractivity contribution in [2.24, 2.45) is 0 Å². The summed E-state index contributed by atoms with van der Waals surface area (Å²) < 4.78 is 0. The number of unbranched alkanes of at least 4 members (excludes halogenated alkanes) is 2. The lowest BCUT2D eigenvalue weighted by Crippen LogP contribution is -2.34. The summed E-state index contributed by atoms with van der Waals surface area (Å²) in [4.78, 5) is 0. The topological polar surface area (TPSA) is 0 Å². The second-order valence-electron chi connectivity index (χ2n) is 7.74. The van der Waals surface area contributed by atoms with Gasteiger partial charge >= 0.3 is 0 Å². The van der Waals surface area contributed by atoms with Gasteiger partial charge in [0.25, 0.3) is 0 Å². The molecule has 122 valence electrons. The molecule has 0 aromatic heterocycles. The Morgan fingerprint density at radius 3 is 1.71 bits per heavy atom. The van der Waals surface area contributed by atoms with Gasteiger partial charge in [0.1, 0.15) is 6.71 Å². The maximum atomic E-state index is 2.36. The molecule has 0 atom stereocenters. The SMILES string of the molecule is CCCCP(CCCC)CCCB1C2CCCC1CCC2. The molecule has 0 aromatic rings. The fourth-order valence-corrected chi connectivity index (χ4v) is 7.76. The Morgan fingerprint density at radius 2 is 1.24 bits per heavy atom. The summed E-state index contributed by atoms with van der Waals surface area (Å²) in [6, 6.07) is 0. The summed E-state index contributed by atoms with van der Waals surface area (Å²) in [6.45, 7) is 5.86. The van der Waals surface area contributed by atoms with Crippen LogP contribution >= 0.6 is 7.92 Å². The minimum absolute atomic E-state index is 0.386. The predicted molar refractivity (Wildman–Crippen MR) is 102 cm³/mol. The van der Waals surface area contributed by atoms with E-state index in [0.29, 0.717) is 7.92 Å². The Bertz CT molecular complexity index is 238. The van der Waals surface area contributed by atoms with Crippen LogP contribution in [-0.2, 0) is 0 Å². The normalized spacial score (nSPS) is 25.6. The quantitative estimate of drug-likeness (QED) is 0.299. The van der Waals surface area contributed by atoms with Gasteiger partial charge in [-0.05, 0) is 31.3 Å². The highest BCUT2D eigenvalue weighted by Crippen LogP contribution is 2.48. The molecule has 0 amide bonds. The number of hydrogen-bond acceptors (Lipinski definition) is 0. The van der Waals surface area contributed by atoms with Gasteiger partial charge in [0.15, 0.2) is 0 Å². The van der Waals surface area contributed by atoms with Crippen molar-refractivity contribution >= 4 is 14.6 Å². The van der Waals surface area contributed by atoms with Crippen LogP contribution in [0.25, 0.3) is 0 Å². The number of fused-ring (bicyclic) bond motifs is 2. The summed E-state index contributed by atoms with van der Waals surface area (Å²) in [5.41, 5.74) is 0. The van der Waals surface area contributed by atoms with Gasteiger partial charge < -0.3 is 0 Å². The first-order valence-corrected chi connectivity index (χ1v) is 12.0. The fraction of sp³-hybridized carbons (Fsp3) is 1.00. The van der Waals surface area contributed by atoms with Gasteiger partial charge in [-0.2, -0.15) is 0 Å². The Hall–Kier alpha value is 0.495. The van der Waals surface area contributed by atoms with Crippen molar-refractivity contribution in [1.29, 1.82) is 0 Å². The van der Waals surface area contributed by atoms with E-state index in [4.69, 9.17) is 0 Å². The predicted octanol–water partition coefficient (Wildman–Crippen LogP) is 7.06. The Kier molecular flexibility index (Phi) is 8.75. The lowest BCUT2D eigenvalue weighted by molar-refractivity contribution is 0.441. The third-order valence-electron chi connectivity index (χ3n) is 6.18. The molecule has 0 aromatic carbocycles. The van der Waals surface area contributed by atoms with Crippen molar-refractivity contribution in [1.82, 2.24) is 0 Å². The van der Waals surface area contributed by atoms with Crippen molar-refractivity contribution in [3.63, 3.8) is 0 Å². The molecule has 2 fully saturated rings. The minimum atomic E-state index is 0.386. The fourth-order valence-electron chi connectivity index (χ4n) is 4.94. The first kappa shape index (κ1) is 17.8. The number of hydrogen-bond donors (Lipinski definition) is 0. The van der Waals surface area contributed by atoms with Crippen LogP contribution in [0.5, 0.6) is 0 Å². The highest BCUT2D eigenvalue weighted by molar-refractivity contribution is 7.57. The van der Waals surface area contributed by atoms with Crippen LogP contribution in [0.15, 0.2) is 0 Å². The lowest BCUT2D eigenvalue weighted by atomic mass is 9.26. The van der Waals surface area contributed by atoms with Gasteiger partial charge in [-0.3, -0.25) is 0 Å². The van der Waals surface area contributed by atoms with Crippen molar-refractivity contribution in [2.75, 3.05) is 18.5 Å². The summed E-state index contributed by atoms with van der Waals surface area (Å²) in [5.74, 6) is 2.27. The van der Waals surface area contributed by atoms with Gasteiger partial charge in [-0.1, -0.05) is 89.6 Å². The Labute approximate surface area is 136 Å². The molecular weight excluding hydrogens is 270 g/mol. The van der Waals surface area contributed by atoms with Gasteiger partial charge in [0.05, 0.1) is 0 Å². The average Bonchev–Trinajstić information content (AvgIpc) is 2.49. The van der Waals surface area contributed by atoms with E-state index >= 15 is 0 Å². The summed E-state index contributed by atoms with van der Waals surface area (Å²) in [7, 11) is 0.386. The molecule has 0 saturated carbocycles. The smallest absolute Gasteiger partial charge is 0.107 e. The van der Waals surface area contributed by atoms with Crippen LogP contribution in [0.4, 0.5) is 0 Å². The zero-order chi connectivity index (χ0) is 14.9. The molecule has 2 aliphatic rings. The van der Waals surface area contributed by atoms with Gasteiger partial charge in [0.2, 0.25) is 0 Å². The molecule has 2 saturated heterocycles. The zero-order valence-corrected chi connectivity index (χ0v) is 15.7. The van der Waals surface area contributed by atoms with E-state index in [-0.39, 0.29) is 0 Å². The van der Waals surface area contributed by atoms with Crippen molar-refractivity contribution < 1.29 is 0 Å². The third-order valence-corrected chi connectivity index (χ3v) is 9.02. The third kappa shape index (κ3) is 5.89. The van der Waals surface area contributed by atoms with E-state index < -0.39 is 0 Å². The van der Waals surface area contributed by atoms with E-state index in [9.17, 15) is 0 Å². The van der Waals surface area contributed by atoms with Crippen LogP contribution in [0.1, 0.15) is 84.5 Å².